The van der Waals surface area contributed by atoms with E-state index in [2.05, 4.69) is 33.9 Å². The summed E-state index contributed by atoms with van der Waals surface area (Å²) in [6.07, 6.45) is 7.71. The lowest BCUT2D eigenvalue weighted by molar-refractivity contribution is -0.121. The Balaban J connectivity index is 1.36. The number of carbonyl (C=O) groups excluding carboxylic acids is 1. The molecule has 1 aliphatic carbocycles. The third-order valence-corrected chi connectivity index (χ3v) is 4.35. The lowest BCUT2D eigenvalue weighted by Crippen LogP contribution is -2.26. The monoisotopic (exact) mass is 311 g/mol. The number of hydrogen-bond acceptors (Lipinski definition) is 2. The molecular formula is C19H25N3O. The van der Waals surface area contributed by atoms with Crippen LogP contribution in [0.15, 0.2) is 36.5 Å². The van der Waals surface area contributed by atoms with Gasteiger partial charge in [0.15, 0.2) is 0 Å². The lowest BCUT2D eigenvalue weighted by Gasteiger charge is -2.09. The Morgan fingerprint density at radius 2 is 2.04 bits per heavy atom. The number of amides is 1. The van der Waals surface area contributed by atoms with Crippen LogP contribution in [-0.2, 0) is 17.6 Å². The van der Waals surface area contributed by atoms with Crippen LogP contribution in [0, 0.1) is 6.92 Å². The summed E-state index contributed by atoms with van der Waals surface area (Å²) in [6, 6.07) is 11.0. The summed E-state index contributed by atoms with van der Waals surface area (Å²) in [5.41, 5.74) is 2.53. The lowest BCUT2D eigenvalue weighted by atomic mass is 10.1. The average Bonchev–Trinajstić information content (AvgIpc) is 3.32. The molecule has 0 saturated heterocycles. The summed E-state index contributed by atoms with van der Waals surface area (Å²) >= 11 is 0. The molecule has 1 saturated carbocycles. The molecule has 1 aromatic carbocycles. The third-order valence-electron chi connectivity index (χ3n) is 4.35. The van der Waals surface area contributed by atoms with Gasteiger partial charge in [-0.1, -0.05) is 30.3 Å². The van der Waals surface area contributed by atoms with E-state index in [1.54, 1.807) is 0 Å². The highest BCUT2D eigenvalue weighted by atomic mass is 16.1. The number of imidazole rings is 1. The maximum atomic E-state index is 11.9. The first kappa shape index (κ1) is 15.8. The highest BCUT2D eigenvalue weighted by Gasteiger charge is 2.26. The number of nitrogens with one attached hydrogen (secondary N) is 1. The molecule has 0 unspecified atom stereocenters. The van der Waals surface area contributed by atoms with Gasteiger partial charge in [0.2, 0.25) is 5.91 Å². The van der Waals surface area contributed by atoms with Crippen LogP contribution in [0.2, 0.25) is 0 Å². The number of aromatic nitrogens is 2. The van der Waals surface area contributed by atoms with Crippen LogP contribution in [0.3, 0.4) is 0 Å². The van der Waals surface area contributed by atoms with E-state index in [0.29, 0.717) is 19.0 Å². The number of carbonyl (C=O) groups is 1. The van der Waals surface area contributed by atoms with E-state index in [1.807, 2.05) is 24.4 Å². The number of aryl methyl sites for hydroxylation is 2. The van der Waals surface area contributed by atoms with Gasteiger partial charge in [-0.05, 0) is 38.2 Å². The molecule has 4 heteroatoms. The van der Waals surface area contributed by atoms with Crippen LogP contribution in [0.4, 0.5) is 0 Å². The fourth-order valence-electron chi connectivity index (χ4n) is 3.01. The first-order valence-electron chi connectivity index (χ1n) is 8.57. The van der Waals surface area contributed by atoms with Crippen molar-refractivity contribution in [3.63, 3.8) is 0 Å². The van der Waals surface area contributed by atoms with Gasteiger partial charge in [0.1, 0.15) is 5.82 Å². The second-order valence-electron chi connectivity index (χ2n) is 6.36. The Bertz CT molecular complexity index is 644. The van der Waals surface area contributed by atoms with Gasteiger partial charge in [0.05, 0.1) is 0 Å². The summed E-state index contributed by atoms with van der Waals surface area (Å²) in [7, 11) is 0. The molecule has 0 bridgehead atoms. The summed E-state index contributed by atoms with van der Waals surface area (Å²) in [5, 5.41) is 3.02. The largest absolute Gasteiger partial charge is 0.356 e. The summed E-state index contributed by atoms with van der Waals surface area (Å²) < 4.78 is 2.33. The molecule has 1 aliphatic rings. The Hall–Kier alpha value is -2.10. The zero-order valence-corrected chi connectivity index (χ0v) is 13.8. The van der Waals surface area contributed by atoms with Gasteiger partial charge >= 0.3 is 0 Å². The molecule has 122 valence electrons. The number of hydrogen-bond donors (Lipinski definition) is 1. The minimum absolute atomic E-state index is 0.141. The smallest absolute Gasteiger partial charge is 0.220 e. The highest BCUT2D eigenvalue weighted by molar-refractivity contribution is 5.75. The number of nitrogens with zero attached hydrogens (tertiary/aromatic N) is 2. The topological polar surface area (TPSA) is 46.9 Å². The fraction of sp³-hybridized carbons (Fsp3) is 0.474. The van der Waals surface area contributed by atoms with E-state index in [-0.39, 0.29) is 5.91 Å². The maximum absolute atomic E-state index is 11.9. The molecular weight excluding hydrogens is 286 g/mol. The van der Waals surface area contributed by atoms with Crippen LogP contribution < -0.4 is 5.32 Å². The van der Waals surface area contributed by atoms with E-state index < -0.39 is 0 Å². The van der Waals surface area contributed by atoms with Gasteiger partial charge in [0, 0.05) is 37.3 Å². The quantitative estimate of drug-likeness (QED) is 0.814. The Morgan fingerprint density at radius 3 is 2.78 bits per heavy atom. The SMILES string of the molecule is Cc1cnc(CCNC(=O)CCCc2ccccc2)n1C1CC1. The van der Waals surface area contributed by atoms with Crippen LogP contribution in [-0.4, -0.2) is 22.0 Å². The third kappa shape index (κ3) is 4.44. The Morgan fingerprint density at radius 1 is 1.26 bits per heavy atom. The van der Waals surface area contributed by atoms with E-state index in [1.165, 1.54) is 24.1 Å². The van der Waals surface area contributed by atoms with Crippen LogP contribution in [0.5, 0.6) is 0 Å². The molecule has 23 heavy (non-hydrogen) atoms. The molecule has 0 aliphatic heterocycles. The second-order valence-corrected chi connectivity index (χ2v) is 6.36. The zero-order valence-electron chi connectivity index (χ0n) is 13.8. The van der Waals surface area contributed by atoms with Crippen molar-refractivity contribution < 1.29 is 4.79 Å². The molecule has 0 spiro atoms. The summed E-state index contributed by atoms with van der Waals surface area (Å²) in [5.74, 6) is 1.25. The predicted molar refractivity (Wildman–Crippen MR) is 91.3 cm³/mol. The van der Waals surface area contributed by atoms with Crippen LogP contribution >= 0.6 is 0 Å². The first-order valence-corrected chi connectivity index (χ1v) is 8.57. The average molecular weight is 311 g/mol. The van der Waals surface area contributed by atoms with E-state index in [4.69, 9.17) is 0 Å². The maximum Gasteiger partial charge on any atom is 0.220 e. The first-order chi connectivity index (χ1) is 11.2. The molecule has 1 fully saturated rings. The zero-order chi connectivity index (χ0) is 16.1. The molecule has 3 rings (SSSR count). The summed E-state index contributed by atoms with van der Waals surface area (Å²) in [4.78, 5) is 16.4. The molecule has 0 atom stereocenters. The predicted octanol–water partition coefficient (Wildman–Crippen LogP) is 3.21. The molecule has 1 aromatic heterocycles. The molecule has 4 nitrogen and oxygen atoms in total. The van der Waals surface area contributed by atoms with Crippen molar-refractivity contribution in [1.82, 2.24) is 14.9 Å². The summed E-state index contributed by atoms with van der Waals surface area (Å²) in [6.45, 7) is 2.78. The van der Waals surface area contributed by atoms with Gasteiger partial charge < -0.3 is 9.88 Å². The minimum atomic E-state index is 0.141. The molecule has 1 amide bonds. The molecule has 1 heterocycles. The fourth-order valence-corrected chi connectivity index (χ4v) is 3.01. The van der Waals surface area contributed by atoms with Crippen molar-refractivity contribution >= 4 is 5.91 Å². The standard InChI is InChI=1S/C19H25N3O/c1-15-14-21-18(22(15)17-10-11-17)12-13-20-19(23)9-5-8-16-6-3-2-4-7-16/h2-4,6-7,14,17H,5,8-13H2,1H3,(H,20,23). The van der Waals surface area contributed by atoms with Crippen molar-refractivity contribution in [2.45, 2.75) is 51.5 Å². The highest BCUT2D eigenvalue weighted by Crippen LogP contribution is 2.36. The van der Waals surface area contributed by atoms with Crippen molar-refractivity contribution in [3.05, 3.63) is 53.6 Å². The van der Waals surface area contributed by atoms with Crippen molar-refractivity contribution in [3.8, 4) is 0 Å². The minimum Gasteiger partial charge on any atom is -0.356 e. The molecule has 0 radical (unpaired) electrons. The van der Waals surface area contributed by atoms with Crippen molar-refractivity contribution in [1.29, 1.82) is 0 Å². The van der Waals surface area contributed by atoms with E-state index in [0.717, 1.165) is 25.1 Å². The van der Waals surface area contributed by atoms with Crippen molar-refractivity contribution in [2.75, 3.05) is 6.54 Å². The molecule has 1 N–H and O–H groups in total. The van der Waals surface area contributed by atoms with Crippen LogP contribution in [0.1, 0.15) is 48.8 Å². The van der Waals surface area contributed by atoms with Crippen molar-refractivity contribution in [2.24, 2.45) is 0 Å². The van der Waals surface area contributed by atoms with Crippen LogP contribution in [0.25, 0.3) is 0 Å². The Labute approximate surface area is 137 Å². The van der Waals surface area contributed by atoms with Gasteiger partial charge in [-0.3, -0.25) is 4.79 Å². The molecule has 2 aromatic rings. The van der Waals surface area contributed by atoms with E-state index in [9.17, 15) is 4.79 Å². The normalized spacial score (nSPS) is 14.0. The van der Waals surface area contributed by atoms with Gasteiger partial charge in [-0.2, -0.15) is 0 Å². The van der Waals surface area contributed by atoms with Gasteiger partial charge in [-0.15, -0.1) is 0 Å². The van der Waals surface area contributed by atoms with Gasteiger partial charge in [-0.25, -0.2) is 4.98 Å². The number of benzene rings is 1. The Kier molecular flexibility index (Phi) is 5.11. The number of rotatable bonds is 8. The van der Waals surface area contributed by atoms with E-state index >= 15 is 0 Å². The second kappa shape index (κ2) is 7.44. The van der Waals surface area contributed by atoms with Gasteiger partial charge in [0.25, 0.3) is 0 Å².